The van der Waals surface area contributed by atoms with Gasteiger partial charge in [-0.3, -0.25) is 0 Å². The molecule has 0 aliphatic carbocycles. The summed E-state index contributed by atoms with van der Waals surface area (Å²) < 4.78 is 1.69. The van der Waals surface area contributed by atoms with Crippen LogP contribution in [0.2, 0.25) is 0 Å². The molecule has 0 radical (unpaired) electrons. The van der Waals surface area contributed by atoms with Crippen molar-refractivity contribution in [3.05, 3.63) is 36.0 Å². The molecule has 0 saturated heterocycles. The fraction of sp³-hybridized carbons (Fsp3) is 0.471. The van der Waals surface area contributed by atoms with E-state index in [1.165, 1.54) is 0 Å². The Balaban J connectivity index is 1.53. The van der Waals surface area contributed by atoms with E-state index >= 15 is 0 Å². The number of thioether (sulfide) groups is 1. The number of rotatable bonds is 9. The lowest BCUT2D eigenvalue weighted by Gasteiger charge is -2.04. The van der Waals surface area contributed by atoms with Gasteiger partial charge in [0, 0.05) is 24.9 Å². The summed E-state index contributed by atoms with van der Waals surface area (Å²) >= 11 is 1.66. The van der Waals surface area contributed by atoms with Crippen LogP contribution in [0.15, 0.2) is 35.5 Å². The fourth-order valence-corrected chi connectivity index (χ4v) is 3.22. The average molecular weight is 373 g/mol. The molecule has 0 unspecified atom stereocenters. The molecule has 0 bridgehead atoms. The second-order valence-electron chi connectivity index (χ2n) is 6.24. The molecule has 0 aliphatic heterocycles. The topological polar surface area (TPSA) is 86.3 Å². The van der Waals surface area contributed by atoms with Crippen molar-refractivity contribution in [2.75, 3.05) is 12.3 Å². The normalized spacial score (nSPS) is 11.4. The highest BCUT2D eigenvalue weighted by molar-refractivity contribution is 7.99. The number of hydrogen-bond acceptors (Lipinski definition) is 7. The van der Waals surface area contributed by atoms with Crippen LogP contribution in [0.5, 0.6) is 0 Å². The lowest BCUT2D eigenvalue weighted by atomic mass is 10.1. The first-order valence-corrected chi connectivity index (χ1v) is 9.70. The number of nitrogens with one attached hydrogen (secondary N) is 1. The molecule has 2 aromatic heterocycles. The molecular weight excluding hydrogens is 348 g/mol. The number of nitrogens with zero attached hydrogens (tertiary/aromatic N) is 7. The van der Waals surface area contributed by atoms with Crippen LogP contribution in [0, 0.1) is 0 Å². The van der Waals surface area contributed by atoms with Crippen molar-refractivity contribution in [1.29, 1.82) is 0 Å². The maximum Gasteiger partial charge on any atom is 0.209 e. The van der Waals surface area contributed by atoms with Gasteiger partial charge in [-0.05, 0) is 37.2 Å². The zero-order valence-electron chi connectivity index (χ0n) is 15.3. The van der Waals surface area contributed by atoms with Gasteiger partial charge < -0.3 is 5.32 Å². The zero-order valence-corrected chi connectivity index (χ0v) is 16.1. The van der Waals surface area contributed by atoms with Gasteiger partial charge in [-0.1, -0.05) is 42.1 Å². The van der Waals surface area contributed by atoms with Crippen LogP contribution < -0.4 is 5.32 Å². The maximum absolute atomic E-state index is 4.68. The quantitative estimate of drug-likeness (QED) is 0.456. The Kier molecular flexibility index (Phi) is 6.35. The minimum Gasteiger partial charge on any atom is -0.311 e. The Bertz CT molecular complexity index is 811. The molecular formula is C17H24N8S. The minimum absolute atomic E-state index is 0.239. The molecule has 3 rings (SSSR count). The van der Waals surface area contributed by atoms with Crippen LogP contribution in [0.3, 0.4) is 0 Å². The Morgan fingerprint density at radius 1 is 1.15 bits per heavy atom. The molecule has 0 saturated carbocycles. The molecule has 9 heteroatoms. The first-order valence-electron chi connectivity index (χ1n) is 8.72. The molecule has 0 spiro atoms. The monoisotopic (exact) mass is 372 g/mol. The van der Waals surface area contributed by atoms with Gasteiger partial charge >= 0.3 is 0 Å². The number of benzene rings is 1. The third-order valence-corrected chi connectivity index (χ3v) is 4.91. The van der Waals surface area contributed by atoms with Gasteiger partial charge in [-0.15, -0.1) is 5.10 Å². The summed E-state index contributed by atoms with van der Waals surface area (Å²) in [5, 5.41) is 25.1. The zero-order chi connectivity index (χ0) is 18.4. The lowest BCUT2D eigenvalue weighted by molar-refractivity contribution is 0.461. The van der Waals surface area contributed by atoms with Crippen LogP contribution in [0.25, 0.3) is 11.3 Å². The first kappa shape index (κ1) is 18.5. The molecule has 0 amide bonds. The first-order chi connectivity index (χ1) is 12.6. The smallest absolute Gasteiger partial charge is 0.209 e. The minimum atomic E-state index is 0.239. The van der Waals surface area contributed by atoms with E-state index in [-0.39, 0.29) is 6.04 Å². The summed E-state index contributed by atoms with van der Waals surface area (Å²) in [7, 11) is 1.85. The van der Waals surface area contributed by atoms with E-state index < -0.39 is 0 Å². The standard InChI is InChI=1S/C17H24N8S/c1-13(2)25-20-15(16(21-25)14-8-5-4-6-9-14)12-18-10-7-11-26-17-19-22-23-24(17)3/h4-6,8-9,13,18H,7,10-12H2,1-3H3. The summed E-state index contributed by atoms with van der Waals surface area (Å²) in [6.45, 7) is 5.78. The van der Waals surface area contributed by atoms with E-state index in [0.717, 1.165) is 40.8 Å². The highest BCUT2D eigenvalue weighted by Crippen LogP contribution is 2.21. The van der Waals surface area contributed by atoms with Crippen molar-refractivity contribution in [2.24, 2.45) is 7.05 Å². The Labute approximate surface area is 157 Å². The Hall–Kier alpha value is -2.26. The van der Waals surface area contributed by atoms with E-state index in [2.05, 4.69) is 57.0 Å². The third kappa shape index (κ3) is 4.67. The molecule has 1 N–H and O–H groups in total. The summed E-state index contributed by atoms with van der Waals surface area (Å²) in [6, 6.07) is 10.5. The van der Waals surface area contributed by atoms with Gasteiger partial charge in [0.05, 0.1) is 6.04 Å². The van der Waals surface area contributed by atoms with E-state index in [4.69, 9.17) is 0 Å². The number of hydrogen-bond donors (Lipinski definition) is 1. The van der Waals surface area contributed by atoms with Crippen LogP contribution in [0.1, 0.15) is 32.0 Å². The SMILES string of the molecule is CC(C)n1nc(CNCCCSc2nnnn2C)c(-c2ccccc2)n1. The highest BCUT2D eigenvalue weighted by Gasteiger charge is 2.14. The van der Waals surface area contributed by atoms with Gasteiger partial charge in [0.25, 0.3) is 0 Å². The van der Waals surface area contributed by atoms with Gasteiger partial charge in [0.1, 0.15) is 11.4 Å². The van der Waals surface area contributed by atoms with Crippen molar-refractivity contribution in [2.45, 2.75) is 38.0 Å². The summed E-state index contributed by atoms with van der Waals surface area (Å²) in [5.74, 6) is 0.964. The van der Waals surface area contributed by atoms with Gasteiger partial charge in [0.15, 0.2) is 0 Å². The van der Waals surface area contributed by atoms with Crippen molar-refractivity contribution in [1.82, 2.24) is 40.5 Å². The van der Waals surface area contributed by atoms with E-state index in [0.29, 0.717) is 6.54 Å². The second-order valence-corrected chi connectivity index (χ2v) is 7.30. The summed E-state index contributed by atoms with van der Waals surface area (Å²) in [6.07, 6.45) is 1.02. The summed E-state index contributed by atoms with van der Waals surface area (Å²) in [4.78, 5) is 1.79. The van der Waals surface area contributed by atoms with E-state index in [1.807, 2.05) is 25.2 Å². The molecule has 8 nitrogen and oxygen atoms in total. The van der Waals surface area contributed by atoms with Crippen LogP contribution in [-0.2, 0) is 13.6 Å². The predicted octanol–water partition coefficient (Wildman–Crippen LogP) is 2.32. The largest absolute Gasteiger partial charge is 0.311 e. The van der Waals surface area contributed by atoms with Crippen LogP contribution in [-0.4, -0.2) is 47.5 Å². The Morgan fingerprint density at radius 3 is 2.65 bits per heavy atom. The van der Waals surface area contributed by atoms with Crippen molar-refractivity contribution >= 4 is 11.8 Å². The summed E-state index contributed by atoms with van der Waals surface area (Å²) in [5.41, 5.74) is 3.03. The Morgan fingerprint density at radius 2 is 1.96 bits per heavy atom. The van der Waals surface area contributed by atoms with Gasteiger partial charge in [-0.25, -0.2) is 4.68 Å². The van der Waals surface area contributed by atoms with E-state index in [9.17, 15) is 0 Å². The highest BCUT2D eigenvalue weighted by atomic mass is 32.2. The molecule has 0 fully saturated rings. The number of aryl methyl sites for hydroxylation is 1. The molecule has 1 aromatic carbocycles. The molecule has 26 heavy (non-hydrogen) atoms. The number of aromatic nitrogens is 7. The second kappa shape index (κ2) is 8.91. The fourth-order valence-electron chi connectivity index (χ4n) is 2.43. The molecule has 138 valence electrons. The average Bonchev–Trinajstić information content (AvgIpc) is 3.25. The van der Waals surface area contributed by atoms with Gasteiger partial charge in [0.2, 0.25) is 5.16 Å². The van der Waals surface area contributed by atoms with Crippen LogP contribution >= 0.6 is 11.8 Å². The molecule has 0 aliphatic rings. The third-order valence-electron chi connectivity index (χ3n) is 3.81. The van der Waals surface area contributed by atoms with E-state index in [1.54, 1.807) is 21.2 Å². The van der Waals surface area contributed by atoms with Crippen molar-refractivity contribution < 1.29 is 0 Å². The van der Waals surface area contributed by atoms with Gasteiger partial charge in [-0.2, -0.15) is 15.0 Å². The van der Waals surface area contributed by atoms with Crippen molar-refractivity contribution in [3.8, 4) is 11.3 Å². The molecule has 0 atom stereocenters. The van der Waals surface area contributed by atoms with Crippen molar-refractivity contribution in [3.63, 3.8) is 0 Å². The molecule has 2 heterocycles. The number of tetrazole rings is 1. The molecule has 3 aromatic rings. The maximum atomic E-state index is 4.68. The van der Waals surface area contributed by atoms with Crippen LogP contribution in [0.4, 0.5) is 0 Å². The predicted molar refractivity (Wildman–Crippen MR) is 102 cm³/mol. The lowest BCUT2D eigenvalue weighted by Crippen LogP contribution is -2.16.